The van der Waals surface area contributed by atoms with E-state index in [9.17, 15) is 4.53 Å². The minimum Gasteiger partial charge on any atom is -0.236 e. The van der Waals surface area contributed by atoms with E-state index < -0.39 is 5.43 Å². The summed E-state index contributed by atoms with van der Waals surface area (Å²) < 4.78 is 10.1. The summed E-state index contributed by atoms with van der Waals surface area (Å²) in [5, 5.41) is 0. The number of rotatable bonds is 0. The van der Waals surface area contributed by atoms with Crippen molar-refractivity contribution >= 4 is 29.4 Å². The van der Waals surface area contributed by atoms with Gasteiger partial charge in [-0.2, -0.15) is 0 Å². The van der Waals surface area contributed by atoms with E-state index in [1.807, 2.05) is 0 Å². The monoisotopic (exact) mass is 134 g/mol. The molecule has 0 N–H and O–H groups in total. The number of carbonyl (C=O) groups excluding carboxylic acids is 1. The summed E-state index contributed by atoms with van der Waals surface area (Å²) in [5.41, 5.74) is -1.44. The Morgan fingerprint density at radius 1 is 1.83 bits per heavy atom. The predicted molar refractivity (Wildman–Crippen MR) is 20.7 cm³/mol. The largest absolute Gasteiger partial charge is 0.441 e. The molecule has 0 radical (unpaired) electrons. The molecule has 0 saturated heterocycles. The van der Waals surface area contributed by atoms with Crippen LogP contribution in [0, 0.1) is 0 Å². The maximum absolute atomic E-state index is 10.1. The van der Waals surface area contributed by atoms with E-state index in [4.69, 9.17) is 4.79 Å². The fourth-order valence-corrected chi connectivity index (χ4v) is 0. The van der Waals surface area contributed by atoms with Gasteiger partial charge in [0.25, 0.3) is 0 Å². The molecule has 0 aliphatic rings. The van der Waals surface area contributed by atoms with Gasteiger partial charge in [0.1, 0.15) is 0 Å². The number of halogens is 3. The Labute approximate surface area is 44.5 Å². The lowest BCUT2D eigenvalue weighted by atomic mass is 11.6. The Morgan fingerprint density at radius 2 is 2.00 bits per heavy atom. The fraction of sp³-hybridized carbons (Fsp3) is 0. The van der Waals surface area contributed by atoms with Gasteiger partial charge in [-0.05, 0) is 0 Å². The Bertz CT molecular complexity index is 46.8. The van der Waals surface area contributed by atoms with E-state index in [0.29, 0.717) is 0 Å². The van der Waals surface area contributed by atoms with Crippen molar-refractivity contribution in [1.29, 1.82) is 0 Å². The van der Waals surface area contributed by atoms with Gasteiger partial charge < -0.3 is 0 Å². The molecule has 0 saturated carbocycles. The van der Waals surface area contributed by atoms with Gasteiger partial charge in [0.05, 0.1) is 0 Å². The lowest BCUT2D eigenvalue weighted by Gasteiger charge is -1.68. The van der Waals surface area contributed by atoms with E-state index in [0.717, 1.165) is 0 Å². The first-order valence-electron chi connectivity index (χ1n) is 0.752. The minimum atomic E-state index is -1.44. The van der Waals surface area contributed by atoms with Crippen LogP contribution in [0.4, 0.5) is 9.32 Å². The zero-order valence-corrected chi connectivity index (χ0v) is 4.05. The van der Waals surface area contributed by atoms with E-state index in [2.05, 4.69) is 16.5 Å². The van der Waals surface area contributed by atoms with Crippen LogP contribution in [0.15, 0.2) is 0 Å². The van der Waals surface area contributed by atoms with Crippen LogP contribution in [-0.2, 0) is 4.94 Å². The molecule has 0 aliphatic carbocycles. The molecule has 0 aromatic rings. The number of hydrogen-bond donors (Lipinski definition) is 0. The molecule has 0 aromatic carbocycles. The highest BCUT2D eigenvalue weighted by Gasteiger charge is 1.86. The highest BCUT2D eigenvalue weighted by atomic mass is 35.5. The molecular formula is CHCl2FO2. The Kier molecular flexibility index (Phi) is 7.77. The summed E-state index contributed by atoms with van der Waals surface area (Å²) in [5.74, 6) is 0. The van der Waals surface area contributed by atoms with Gasteiger partial charge in [0.2, 0.25) is 0 Å². The molecule has 0 heterocycles. The third-order valence-corrected chi connectivity index (χ3v) is 0.119. The minimum absolute atomic E-state index is 0. The first-order chi connectivity index (χ1) is 2.27. The average molecular weight is 135 g/mol. The van der Waals surface area contributed by atoms with Crippen LogP contribution < -0.4 is 0 Å². The Balaban J connectivity index is 0. The van der Waals surface area contributed by atoms with Crippen molar-refractivity contribution in [2.45, 2.75) is 0 Å². The molecule has 0 bridgehead atoms. The van der Waals surface area contributed by atoms with Gasteiger partial charge in [-0.1, -0.05) is 0 Å². The predicted octanol–water partition coefficient (Wildman–Crippen LogP) is 1.67. The molecule has 0 rings (SSSR count). The van der Waals surface area contributed by atoms with Crippen LogP contribution in [0.5, 0.6) is 0 Å². The summed E-state index contributed by atoms with van der Waals surface area (Å²) in [7, 11) is 0. The van der Waals surface area contributed by atoms with Crippen LogP contribution in [0.1, 0.15) is 0 Å². The van der Waals surface area contributed by atoms with E-state index in [1.165, 1.54) is 0 Å². The third kappa shape index (κ3) is 9.02. The first kappa shape index (κ1) is 9.36. The quantitative estimate of drug-likeness (QED) is 0.472. The molecular weight excluding hydrogens is 134 g/mol. The van der Waals surface area contributed by atoms with Crippen LogP contribution >= 0.6 is 24.0 Å². The maximum Gasteiger partial charge on any atom is 0.441 e. The molecule has 2 nitrogen and oxygen atoms in total. The lowest BCUT2D eigenvalue weighted by molar-refractivity contribution is -0.0474. The van der Waals surface area contributed by atoms with Crippen molar-refractivity contribution in [2.75, 3.05) is 0 Å². The van der Waals surface area contributed by atoms with Crippen molar-refractivity contribution in [2.24, 2.45) is 0 Å². The number of carbonyl (C=O) groups is 1. The highest BCUT2D eigenvalue weighted by Crippen LogP contribution is 1.83. The van der Waals surface area contributed by atoms with Crippen LogP contribution in [0.2, 0.25) is 0 Å². The topological polar surface area (TPSA) is 26.3 Å². The van der Waals surface area contributed by atoms with E-state index >= 15 is 0 Å². The molecule has 0 aliphatic heterocycles. The van der Waals surface area contributed by atoms with Crippen molar-refractivity contribution in [3.05, 3.63) is 0 Å². The van der Waals surface area contributed by atoms with Gasteiger partial charge >= 0.3 is 5.43 Å². The average Bonchev–Trinajstić information content (AvgIpc) is 1.38. The normalized spacial score (nSPS) is 5.67. The van der Waals surface area contributed by atoms with Gasteiger partial charge in [0.15, 0.2) is 0 Å². The van der Waals surface area contributed by atoms with Gasteiger partial charge in [-0.3, -0.25) is 0 Å². The second-order valence-corrected chi connectivity index (χ2v) is 0.623. The van der Waals surface area contributed by atoms with Gasteiger partial charge in [0, 0.05) is 16.1 Å². The zero-order valence-electron chi connectivity index (χ0n) is 2.48. The molecule has 38 valence electrons. The zero-order chi connectivity index (χ0) is 4.28. The summed E-state index contributed by atoms with van der Waals surface area (Å²) in [4.78, 5) is 11.4. The first-order valence-corrected chi connectivity index (χ1v) is 1.13. The molecule has 0 atom stereocenters. The van der Waals surface area contributed by atoms with Crippen molar-refractivity contribution in [1.82, 2.24) is 0 Å². The fourth-order valence-electron chi connectivity index (χ4n) is 0. The van der Waals surface area contributed by atoms with Crippen molar-refractivity contribution in [3.8, 4) is 0 Å². The molecule has 0 unspecified atom stereocenters. The van der Waals surface area contributed by atoms with E-state index in [-0.39, 0.29) is 12.4 Å². The van der Waals surface area contributed by atoms with Crippen molar-refractivity contribution < 1.29 is 14.3 Å². The molecule has 0 spiro atoms. The summed E-state index contributed by atoms with van der Waals surface area (Å²) in [6.45, 7) is 0. The van der Waals surface area contributed by atoms with Gasteiger partial charge in [-0.25, -0.2) is 9.74 Å². The van der Waals surface area contributed by atoms with Gasteiger partial charge in [-0.15, -0.1) is 12.4 Å². The Hall–Kier alpha value is -0.0200. The molecule has 0 aromatic heterocycles. The van der Waals surface area contributed by atoms with Crippen LogP contribution in [0.25, 0.3) is 0 Å². The molecule has 0 amide bonds. The highest BCUT2D eigenvalue weighted by molar-refractivity contribution is 6.61. The lowest BCUT2D eigenvalue weighted by Crippen LogP contribution is -1.74. The van der Waals surface area contributed by atoms with Crippen LogP contribution in [-0.4, -0.2) is 5.43 Å². The molecule has 0 fully saturated rings. The van der Waals surface area contributed by atoms with Crippen LogP contribution in [0.3, 0.4) is 0 Å². The molecule has 5 heteroatoms. The summed E-state index contributed by atoms with van der Waals surface area (Å²) in [6, 6.07) is 0. The van der Waals surface area contributed by atoms with Crippen molar-refractivity contribution in [3.63, 3.8) is 0 Å². The second-order valence-electron chi connectivity index (χ2n) is 0.315. The standard InChI is InChI=1S/CClFO2.ClH/c2-1(4)5-3;/h;1H. The Morgan fingerprint density at radius 3 is 2.00 bits per heavy atom. The maximum atomic E-state index is 10.1. The third-order valence-electron chi connectivity index (χ3n) is 0.0607. The summed E-state index contributed by atoms with van der Waals surface area (Å²) >= 11 is 4.23. The smallest absolute Gasteiger partial charge is 0.236 e. The summed E-state index contributed by atoms with van der Waals surface area (Å²) in [6.07, 6.45) is 0. The number of hydrogen-bond acceptors (Lipinski definition) is 2. The molecule has 6 heavy (non-hydrogen) atoms. The SMILES string of the molecule is Cl.O=C(Cl)OF. The van der Waals surface area contributed by atoms with E-state index in [1.54, 1.807) is 0 Å². The second kappa shape index (κ2) is 4.98.